The van der Waals surface area contributed by atoms with E-state index in [9.17, 15) is 14.4 Å². The molecule has 1 aromatic carbocycles. The first-order valence-electron chi connectivity index (χ1n) is 11.3. The molecule has 1 N–H and O–H groups in total. The molecule has 3 rings (SSSR count). The van der Waals surface area contributed by atoms with E-state index < -0.39 is 17.4 Å². The minimum atomic E-state index is -1.34. The standard InChI is InChI=1S/C24H32N4O6/c1-7-34-22(30)19-13-20-21(29)28(16-10-17(32-5)12-18(11-16)33-6)24(4,14-27(20)26-19)23(31)25-9-8-15(2)3/h10-13,15H,7-9,14H2,1-6H3,(H,25,31)/t24-/m0/s1. The number of hydrogen-bond acceptors (Lipinski definition) is 7. The molecule has 1 atom stereocenters. The predicted octanol–water partition coefficient (Wildman–Crippen LogP) is 2.66. The number of carbonyl (C=O) groups excluding carboxylic acids is 3. The Morgan fingerprint density at radius 3 is 2.35 bits per heavy atom. The number of nitrogens with zero attached hydrogens (tertiary/aromatic N) is 3. The number of benzene rings is 1. The van der Waals surface area contributed by atoms with Crippen LogP contribution in [0.5, 0.6) is 11.5 Å². The summed E-state index contributed by atoms with van der Waals surface area (Å²) >= 11 is 0. The zero-order chi connectivity index (χ0) is 25.0. The van der Waals surface area contributed by atoms with E-state index in [1.807, 2.05) is 0 Å². The highest BCUT2D eigenvalue weighted by Crippen LogP contribution is 2.37. The van der Waals surface area contributed by atoms with Crippen LogP contribution in [0.3, 0.4) is 0 Å². The van der Waals surface area contributed by atoms with Crippen molar-refractivity contribution < 1.29 is 28.6 Å². The van der Waals surface area contributed by atoms with Crippen LogP contribution in [0.15, 0.2) is 24.3 Å². The van der Waals surface area contributed by atoms with E-state index >= 15 is 0 Å². The summed E-state index contributed by atoms with van der Waals surface area (Å²) in [7, 11) is 3.02. The Bertz CT molecular complexity index is 1060. The van der Waals surface area contributed by atoms with Crippen LogP contribution in [-0.4, -0.2) is 60.5 Å². The number of fused-ring (bicyclic) bond motifs is 1. The van der Waals surface area contributed by atoms with Gasteiger partial charge in [-0.3, -0.25) is 19.2 Å². The van der Waals surface area contributed by atoms with Crippen LogP contribution < -0.4 is 19.7 Å². The highest BCUT2D eigenvalue weighted by molar-refractivity contribution is 6.12. The van der Waals surface area contributed by atoms with Crippen molar-refractivity contribution in [3.63, 3.8) is 0 Å². The Hall–Kier alpha value is -3.56. The number of nitrogens with one attached hydrogen (secondary N) is 1. The first-order chi connectivity index (χ1) is 16.1. The van der Waals surface area contributed by atoms with Crippen molar-refractivity contribution in [2.24, 2.45) is 5.92 Å². The Morgan fingerprint density at radius 1 is 1.15 bits per heavy atom. The van der Waals surface area contributed by atoms with Gasteiger partial charge in [-0.05, 0) is 26.2 Å². The highest BCUT2D eigenvalue weighted by Gasteiger charge is 2.49. The summed E-state index contributed by atoms with van der Waals surface area (Å²) in [6.07, 6.45) is 0.794. The molecule has 0 spiro atoms. The summed E-state index contributed by atoms with van der Waals surface area (Å²) in [6, 6.07) is 6.40. The van der Waals surface area contributed by atoms with Crippen molar-refractivity contribution in [3.8, 4) is 11.5 Å². The van der Waals surface area contributed by atoms with Crippen molar-refractivity contribution in [1.29, 1.82) is 0 Å². The number of rotatable bonds is 9. The molecule has 2 aromatic rings. The first kappa shape index (κ1) is 25.1. The second kappa shape index (κ2) is 10.1. The van der Waals surface area contributed by atoms with Crippen LogP contribution in [0, 0.1) is 5.92 Å². The maximum atomic E-state index is 13.8. The van der Waals surface area contributed by atoms with E-state index in [-0.39, 0.29) is 30.4 Å². The van der Waals surface area contributed by atoms with E-state index in [1.165, 1.54) is 29.9 Å². The van der Waals surface area contributed by atoms with Crippen molar-refractivity contribution in [3.05, 3.63) is 35.7 Å². The van der Waals surface area contributed by atoms with Crippen molar-refractivity contribution in [2.75, 3.05) is 32.3 Å². The number of aromatic nitrogens is 2. The number of esters is 1. The molecule has 0 saturated heterocycles. The van der Waals surface area contributed by atoms with Crippen molar-refractivity contribution in [2.45, 2.75) is 46.2 Å². The fourth-order valence-electron chi connectivity index (χ4n) is 3.88. The Balaban J connectivity index is 2.10. The number of hydrogen-bond donors (Lipinski definition) is 1. The summed E-state index contributed by atoms with van der Waals surface area (Å²) in [4.78, 5) is 40.9. The molecule has 1 aliphatic heterocycles. The minimum absolute atomic E-state index is 0.0119. The normalized spacial score (nSPS) is 17.4. The van der Waals surface area contributed by atoms with Gasteiger partial charge in [-0.2, -0.15) is 5.10 Å². The lowest BCUT2D eigenvalue weighted by Crippen LogP contribution is -2.64. The molecule has 1 aliphatic rings. The third kappa shape index (κ3) is 4.85. The topological polar surface area (TPSA) is 112 Å². The number of carbonyl (C=O) groups is 3. The smallest absolute Gasteiger partial charge is 0.358 e. The van der Waals surface area contributed by atoms with Gasteiger partial charge in [-0.1, -0.05) is 13.8 Å². The monoisotopic (exact) mass is 472 g/mol. The largest absolute Gasteiger partial charge is 0.497 e. The zero-order valence-corrected chi connectivity index (χ0v) is 20.5. The number of methoxy groups -OCH3 is 2. The molecule has 0 fully saturated rings. The van der Waals surface area contributed by atoms with Gasteiger partial charge in [0.1, 0.15) is 22.7 Å². The summed E-state index contributed by atoms with van der Waals surface area (Å²) in [6.45, 7) is 8.20. The lowest BCUT2D eigenvalue weighted by molar-refractivity contribution is -0.126. The van der Waals surface area contributed by atoms with Gasteiger partial charge >= 0.3 is 5.97 Å². The second-order valence-corrected chi connectivity index (χ2v) is 8.72. The Kier molecular flexibility index (Phi) is 7.48. The van der Waals surface area contributed by atoms with Gasteiger partial charge in [0.15, 0.2) is 5.69 Å². The first-order valence-corrected chi connectivity index (χ1v) is 11.3. The minimum Gasteiger partial charge on any atom is -0.497 e. The molecular formula is C24H32N4O6. The van der Waals surface area contributed by atoms with Gasteiger partial charge in [0.2, 0.25) is 5.91 Å². The molecular weight excluding hydrogens is 440 g/mol. The molecule has 0 bridgehead atoms. The Labute approximate surface area is 199 Å². The second-order valence-electron chi connectivity index (χ2n) is 8.72. The molecule has 2 amide bonds. The van der Waals surface area contributed by atoms with E-state index in [0.717, 1.165) is 6.42 Å². The van der Waals surface area contributed by atoms with Crippen molar-refractivity contribution in [1.82, 2.24) is 15.1 Å². The highest BCUT2D eigenvalue weighted by atomic mass is 16.5. The van der Waals surface area contributed by atoms with Crippen LogP contribution in [-0.2, 0) is 16.1 Å². The molecule has 184 valence electrons. The van der Waals surface area contributed by atoms with E-state index in [2.05, 4.69) is 24.3 Å². The lowest BCUT2D eigenvalue weighted by atomic mass is 9.93. The van der Waals surface area contributed by atoms with Crippen LogP contribution in [0.2, 0.25) is 0 Å². The predicted molar refractivity (Wildman–Crippen MR) is 125 cm³/mol. The van der Waals surface area contributed by atoms with E-state index in [0.29, 0.717) is 29.6 Å². The van der Waals surface area contributed by atoms with Crippen LogP contribution in [0.1, 0.15) is 55.1 Å². The van der Waals surface area contributed by atoms with Crippen LogP contribution >= 0.6 is 0 Å². The van der Waals surface area contributed by atoms with Crippen molar-refractivity contribution >= 4 is 23.5 Å². The molecule has 10 heteroatoms. The van der Waals surface area contributed by atoms with Gasteiger partial charge < -0.3 is 19.5 Å². The average Bonchev–Trinajstić information content (AvgIpc) is 3.22. The number of amides is 2. The maximum Gasteiger partial charge on any atom is 0.358 e. The SMILES string of the molecule is CCOC(=O)c1cc2n(n1)C[C@@](C)(C(=O)NCCC(C)C)N(c1cc(OC)cc(OC)c1)C2=O. The van der Waals surface area contributed by atoms with Gasteiger partial charge in [0.05, 0.1) is 33.1 Å². The summed E-state index contributed by atoms with van der Waals surface area (Å²) in [5, 5.41) is 7.22. The van der Waals surface area contributed by atoms with Gasteiger partial charge in [-0.25, -0.2) is 4.79 Å². The molecule has 0 aliphatic carbocycles. The molecule has 34 heavy (non-hydrogen) atoms. The third-order valence-corrected chi connectivity index (χ3v) is 5.73. The molecule has 2 heterocycles. The van der Waals surface area contributed by atoms with E-state index in [1.54, 1.807) is 32.0 Å². The van der Waals surface area contributed by atoms with Crippen LogP contribution in [0.25, 0.3) is 0 Å². The summed E-state index contributed by atoms with van der Waals surface area (Å²) < 4.78 is 17.2. The molecule has 1 aromatic heterocycles. The zero-order valence-electron chi connectivity index (χ0n) is 20.5. The van der Waals surface area contributed by atoms with Gasteiger partial charge in [0.25, 0.3) is 5.91 Å². The number of ether oxygens (including phenoxy) is 3. The fraction of sp³-hybridized carbons (Fsp3) is 0.500. The summed E-state index contributed by atoms with van der Waals surface area (Å²) in [5.74, 6) is -0.0974. The maximum absolute atomic E-state index is 13.8. The molecule has 0 saturated carbocycles. The molecule has 0 radical (unpaired) electrons. The molecule has 0 unspecified atom stereocenters. The van der Waals surface area contributed by atoms with Gasteiger partial charge in [-0.15, -0.1) is 0 Å². The summed E-state index contributed by atoms with van der Waals surface area (Å²) in [5.41, 5.74) is -0.723. The fourth-order valence-corrected chi connectivity index (χ4v) is 3.88. The van der Waals surface area contributed by atoms with Crippen LogP contribution in [0.4, 0.5) is 5.69 Å². The lowest BCUT2D eigenvalue weighted by Gasteiger charge is -2.43. The number of anilines is 1. The molecule has 10 nitrogen and oxygen atoms in total. The third-order valence-electron chi connectivity index (χ3n) is 5.73. The average molecular weight is 473 g/mol. The van der Waals surface area contributed by atoms with E-state index in [4.69, 9.17) is 14.2 Å². The quantitative estimate of drug-likeness (QED) is 0.559. The Morgan fingerprint density at radius 2 is 1.79 bits per heavy atom. The van der Waals surface area contributed by atoms with Gasteiger partial charge in [0, 0.05) is 30.8 Å².